The van der Waals surface area contributed by atoms with Crippen molar-refractivity contribution in [2.45, 2.75) is 37.8 Å². The van der Waals surface area contributed by atoms with Crippen molar-refractivity contribution in [3.05, 3.63) is 35.9 Å². The smallest absolute Gasteiger partial charge is 0.262 e. The summed E-state index contributed by atoms with van der Waals surface area (Å²) in [6.45, 7) is 3.16. The third kappa shape index (κ3) is 4.74. The van der Waals surface area contributed by atoms with E-state index >= 15 is 0 Å². The SMILES string of the molecule is O=C(NCC1CCN(Cc2ccccc2)CC1)C1CC(F)(F)CN1. The molecule has 2 fully saturated rings. The van der Waals surface area contributed by atoms with Crippen LogP contribution in [-0.4, -0.2) is 49.0 Å². The molecule has 1 aromatic carbocycles. The van der Waals surface area contributed by atoms with E-state index in [1.165, 1.54) is 5.56 Å². The van der Waals surface area contributed by atoms with E-state index in [0.717, 1.165) is 32.5 Å². The lowest BCUT2D eigenvalue weighted by atomic mass is 9.96. The molecular weight excluding hydrogens is 312 g/mol. The van der Waals surface area contributed by atoms with Gasteiger partial charge in [-0.2, -0.15) is 0 Å². The summed E-state index contributed by atoms with van der Waals surface area (Å²) in [6.07, 6.45) is 1.66. The second-order valence-electron chi connectivity index (χ2n) is 6.94. The van der Waals surface area contributed by atoms with Crippen molar-refractivity contribution >= 4 is 5.91 Å². The van der Waals surface area contributed by atoms with Crippen molar-refractivity contribution in [1.29, 1.82) is 0 Å². The Morgan fingerprint density at radius 3 is 2.58 bits per heavy atom. The largest absolute Gasteiger partial charge is 0.354 e. The molecule has 0 bridgehead atoms. The number of nitrogens with one attached hydrogen (secondary N) is 2. The molecule has 132 valence electrons. The summed E-state index contributed by atoms with van der Waals surface area (Å²) >= 11 is 0. The van der Waals surface area contributed by atoms with Gasteiger partial charge in [-0.25, -0.2) is 8.78 Å². The Balaban J connectivity index is 1.36. The predicted octanol–water partition coefficient (Wildman–Crippen LogP) is 2.01. The summed E-state index contributed by atoms with van der Waals surface area (Å²) in [5.41, 5.74) is 1.32. The first-order chi connectivity index (χ1) is 11.5. The number of carbonyl (C=O) groups excluding carboxylic acids is 1. The zero-order chi connectivity index (χ0) is 17.0. The van der Waals surface area contributed by atoms with E-state index in [1.54, 1.807) is 0 Å². The number of halogens is 2. The van der Waals surface area contributed by atoms with E-state index in [2.05, 4.69) is 39.8 Å². The third-order valence-corrected chi connectivity index (χ3v) is 4.95. The highest BCUT2D eigenvalue weighted by Crippen LogP contribution is 2.25. The number of likely N-dealkylation sites (tertiary alicyclic amines) is 1. The number of amides is 1. The van der Waals surface area contributed by atoms with Crippen LogP contribution in [0.3, 0.4) is 0 Å². The number of piperidine rings is 1. The lowest BCUT2D eigenvalue weighted by Gasteiger charge is -2.32. The van der Waals surface area contributed by atoms with Crippen LogP contribution < -0.4 is 10.6 Å². The summed E-state index contributed by atoms with van der Waals surface area (Å²) < 4.78 is 26.2. The third-order valence-electron chi connectivity index (χ3n) is 4.95. The Morgan fingerprint density at radius 1 is 1.25 bits per heavy atom. The maximum Gasteiger partial charge on any atom is 0.262 e. The maximum atomic E-state index is 13.1. The summed E-state index contributed by atoms with van der Waals surface area (Å²) in [4.78, 5) is 14.4. The molecule has 2 heterocycles. The molecule has 3 rings (SSSR count). The zero-order valence-corrected chi connectivity index (χ0v) is 13.8. The normalized spacial score (nSPS) is 24.8. The van der Waals surface area contributed by atoms with Gasteiger partial charge in [0.1, 0.15) is 0 Å². The van der Waals surface area contributed by atoms with Gasteiger partial charge < -0.3 is 5.32 Å². The van der Waals surface area contributed by atoms with Crippen LogP contribution in [0.4, 0.5) is 8.78 Å². The summed E-state index contributed by atoms with van der Waals surface area (Å²) in [6, 6.07) is 9.65. The van der Waals surface area contributed by atoms with Crippen LogP contribution in [0.1, 0.15) is 24.8 Å². The van der Waals surface area contributed by atoms with E-state index in [0.29, 0.717) is 12.5 Å². The van der Waals surface area contributed by atoms with Gasteiger partial charge in [0, 0.05) is 19.5 Å². The van der Waals surface area contributed by atoms with Gasteiger partial charge in [0.2, 0.25) is 5.91 Å². The summed E-state index contributed by atoms with van der Waals surface area (Å²) in [5.74, 6) is -2.62. The first kappa shape index (κ1) is 17.3. The number of nitrogens with zero attached hydrogens (tertiary/aromatic N) is 1. The molecule has 0 radical (unpaired) electrons. The van der Waals surface area contributed by atoms with Crippen LogP contribution in [0.25, 0.3) is 0 Å². The maximum absolute atomic E-state index is 13.1. The lowest BCUT2D eigenvalue weighted by Crippen LogP contribution is -2.44. The molecular formula is C18H25F2N3O. The minimum Gasteiger partial charge on any atom is -0.354 e. The highest BCUT2D eigenvalue weighted by Gasteiger charge is 2.42. The lowest BCUT2D eigenvalue weighted by molar-refractivity contribution is -0.123. The number of rotatable bonds is 5. The minimum atomic E-state index is -2.76. The fraction of sp³-hybridized carbons (Fsp3) is 0.611. The van der Waals surface area contributed by atoms with Gasteiger partial charge in [-0.05, 0) is 37.4 Å². The Kier molecular flexibility index (Phi) is 5.46. The number of hydrogen-bond donors (Lipinski definition) is 2. The molecule has 4 nitrogen and oxygen atoms in total. The summed E-state index contributed by atoms with van der Waals surface area (Å²) in [7, 11) is 0. The molecule has 1 aromatic rings. The van der Waals surface area contributed by atoms with E-state index in [9.17, 15) is 13.6 Å². The van der Waals surface area contributed by atoms with Crippen LogP contribution in [0.2, 0.25) is 0 Å². The Labute approximate surface area is 141 Å². The first-order valence-corrected chi connectivity index (χ1v) is 8.67. The van der Waals surface area contributed by atoms with E-state index < -0.39 is 24.9 Å². The molecule has 1 unspecified atom stereocenters. The molecule has 0 spiro atoms. The van der Waals surface area contributed by atoms with Crippen LogP contribution in [-0.2, 0) is 11.3 Å². The molecule has 0 saturated carbocycles. The van der Waals surface area contributed by atoms with Crippen LogP contribution in [0.15, 0.2) is 30.3 Å². The van der Waals surface area contributed by atoms with Gasteiger partial charge in [0.15, 0.2) is 0 Å². The van der Waals surface area contributed by atoms with Gasteiger partial charge in [-0.3, -0.25) is 15.0 Å². The van der Waals surface area contributed by atoms with Gasteiger partial charge in [-0.1, -0.05) is 30.3 Å². The molecule has 1 atom stereocenters. The standard InChI is InChI=1S/C18H25F2N3O/c19-18(20)10-16(22-13-18)17(24)21-11-14-6-8-23(9-7-14)12-15-4-2-1-3-5-15/h1-5,14,16,22H,6-13H2,(H,21,24). The highest BCUT2D eigenvalue weighted by molar-refractivity contribution is 5.82. The van der Waals surface area contributed by atoms with E-state index in [-0.39, 0.29) is 5.91 Å². The van der Waals surface area contributed by atoms with Crippen molar-refractivity contribution in [3.8, 4) is 0 Å². The number of benzene rings is 1. The average Bonchev–Trinajstić information content (AvgIpc) is 2.95. The quantitative estimate of drug-likeness (QED) is 0.864. The predicted molar refractivity (Wildman–Crippen MR) is 88.8 cm³/mol. The van der Waals surface area contributed by atoms with Crippen molar-refractivity contribution in [1.82, 2.24) is 15.5 Å². The summed E-state index contributed by atoms with van der Waals surface area (Å²) in [5, 5.41) is 5.44. The second-order valence-corrected chi connectivity index (χ2v) is 6.94. The number of carbonyl (C=O) groups is 1. The first-order valence-electron chi connectivity index (χ1n) is 8.67. The van der Waals surface area contributed by atoms with Gasteiger partial charge in [-0.15, -0.1) is 0 Å². The molecule has 2 aliphatic rings. The van der Waals surface area contributed by atoms with Crippen molar-refractivity contribution in [3.63, 3.8) is 0 Å². The molecule has 6 heteroatoms. The molecule has 2 aliphatic heterocycles. The minimum absolute atomic E-state index is 0.293. The monoisotopic (exact) mass is 337 g/mol. The van der Waals surface area contributed by atoms with Gasteiger partial charge in [0.25, 0.3) is 5.92 Å². The Hall–Kier alpha value is -1.53. The van der Waals surface area contributed by atoms with Crippen LogP contribution in [0.5, 0.6) is 0 Å². The molecule has 1 amide bonds. The topological polar surface area (TPSA) is 44.4 Å². The Morgan fingerprint density at radius 2 is 1.96 bits per heavy atom. The van der Waals surface area contributed by atoms with Gasteiger partial charge >= 0.3 is 0 Å². The van der Waals surface area contributed by atoms with Crippen LogP contribution in [0, 0.1) is 5.92 Å². The van der Waals surface area contributed by atoms with Crippen molar-refractivity contribution in [2.24, 2.45) is 5.92 Å². The van der Waals surface area contributed by atoms with E-state index in [4.69, 9.17) is 0 Å². The average molecular weight is 337 g/mol. The molecule has 0 aromatic heterocycles. The van der Waals surface area contributed by atoms with Crippen molar-refractivity contribution < 1.29 is 13.6 Å². The fourth-order valence-corrected chi connectivity index (χ4v) is 3.46. The molecule has 2 saturated heterocycles. The zero-order valence-electron chi connectivity index (χ0n) is 13.8. The molecule has 0 aliphatic carbocycles. The second kappa shape index (κ2) is 7.57. The highest BCUT2D eigenvalue weighted by atomic mass is 19.3. The van der Waals surface area contributed by atoms with Crippen molar-refractivity contribution in [2.75, 3.05) is 26.2 Å². The number of alkyl halides is 2. The van der Waals surface area contributed by atoms with Gasteiger partial charge in [0.05, 0.1) is 12.6 Å². The molecule has 2 N–H and O–H groups in total. The fourth-order valence-electron chi connectivity index (χ4n) is 3.46. The Bertz CT molecular complexity index is 544. The van der Waals surface area contributed by atoms with Crippen LogP contribution >= 0.6 is 0 Å². The van der Waals surface area contributed by atoms with E-state index in [1.807, 2.05) is 6.07 Å². The number of hydrogen-bond acceptors (Lipinski definition) is 3. The molecule has 24 heavy (non-hydrogen) atoms.